The Morgan fingerprint density at radius 3 is 2.71 bits per heavy atom. The van der Waals surface area contributed by atoms with E-state index in [1.54, 1.807) is 20.0 Å². The molecule has 0 spiro atoms. The van der Waals surface area contributed by atoms with Crippen LogP contribution in [0.2, 0.25) is 5.02 Å². The molecule has 1 amide bonds. The van der Waals surface area contributed by atoms with Crippen molar-refractivity contribution in [1.29, 1.82) is 0 Å². The van der Waals surface area contributed by atoms with E-state index in [4.69, 9.17) is 16.1 Å². The molecule has 1 aliphatic rings. The third kappa shape index (κ3) is 3.89. The molecule has 2 aromatic carbocycles. The van der Waals surface area contributed by atoms with Crippen LogP contribution in [-0.4, -0.2) is 28.7 Å². The lowest BCUT2D eigenvalue weighted by atomic mass is 9.89. The zero-order valence-electron chi connectivity index (χ0n) is 19.2. The molecule has 0 radical (unpaired) electrons. The van der Waals surface area contributed by atoms with Crippen LogP contribution in [0.3, 0.4) is 0 Å². The number of hydrogen-bond acceptors (Lipinski definition) is 5. The number of fused-ring (bicyclic) bond motifs is 3. The number of nitrogens with zero attached hydrogens (tertiary/aromatic N) is 2. The Morgan fingerprint density at radius 2 is 1.94 bits per heavy atom. The highest BCUT2D eigenvalue weighted by Gasteiger charge is 2.30. The molecule has 34 heavy (non-hydrogen) atoms. The Labute approximate surface area is 202 Å². The summed E-state index contributed by atoms with van der Waals surface area (Å²) in [7, 11) is 1.78. The molecule has 1 saturated carbocycles. The number of carbonyl (C=O) groups excluding carboxylic acids is 1. The van der Waals surface area contributed by atoms with Gasteiger partial charge in [0.25, 0.3) is 5.56 Å². The number of carbonyl (C=O) groups is 1. The van der Waals surface area contributed by atoms with Gasteiger partial charge in [0.1, 0.15) is 22.7 Å². The van der Waals surface area contributed by atoms with Gasteiger partial charge in [-0.15, -0.1) is 0 Å². The lowest BCUT2D eigenvalue weighted by molar-refractivity contribution is -0.124. The van der Waals surface area contributed by atoms with Crippen LogP contribution >= 0.6 is 11.6 Å². The summed E-state index contributed by atoms with van der Waals surface area (Å²) in [5, 5.41) is 12.2. The third-order valence-electron chi connectivity index (χ3n) is 6.83. The van der Waals surface area contributed by atoms with Crippen LogP contribution < -0.4 is 16.2 Å². The summed E-state index contributed by atoms with van der Waals surface area (Å²) in [4.78, 5) is 26.7. The number of hydrogen-bond donors (Lipinski definition) is 2. The van der Waals surface area contributed by atoms with Gasteiger partial charge in [-0.05, 0) is 57.4 Å². The van der Waals surface area contributed by atoms with Crippen molar-refractivity contribution >= 4 is 39.3 Å². The predicted octanol–water partition coefficient (Wildman–Crippen LogP) is 4.67. The lowest BCUT2D eigenvalue weighted by Gasteiger charge is -2.33. The summed E-state index contributed by atoms with van der Waals surface area (Å²) < 4.78 is 7.20. The van der Waals surface area contributed by atoms with Gasteiger partial charge in [0, 0.05) is 17.5 Å². The molecule has 2 N–H and O–H groups in total. The van der Waals surface area contributed by atoms with Crippen LogP contribution in [0.15, 0.2) is 57.8 Å². The first-order valence-electron chi connectivity index (χ1n) is 11.6. The number of pyridine rings is 1. The van der Waals surface area contributed by atoms with Crippen molar-refractivity contribution in [3.63, 3.8) is 0 Å². The number of amides is 1. The smallest absolute Gasteiger partial charge is 0.264 e. The largest absolute Gasteiger partial charge is 0.360 e. The molecule has 0 bridgehead atoms. The molecule has 0 saturated heterocycles. The fourth-order valence-electron chi connectivity index (χ4n) is 5.24. The molecule has 2 heterocycles. The van der Waals surface area contributed by atoms with Crippen LogP contribution in [0.5, 0.6) is 0 Å². The number of likely N-dealkylation sites (N-methyl/N-ethyl adjacent to an activating group) is 1. The molecule has 176 valence electrons. The zero-order valence-corrected chi connectivity index (χ0v) is 19.9. The van der Waals surface area contributed by atoms with Crippen LogP contribution in [0.1, 0.15) is 49.1 Å². The van der Waals surface area contributed by atoms with E-state index in [-0.39, 0.29) is 23.6 Å². The van der Waals surface area contributed by atoms with Crippen LogP contribution in [-0.2, 0) is 4.79 Å². The monoisotopic (exact) mass is 478 g/mol. The van der Waals surface area contributed by atoms with Crippen molar-refractivity contribution in [1.82, 2.24) is 20.4 Å². The number of nitrogens with one attached hydrogen (secondary N) is 2. The molecule has 3 unspecified atom stereocenters. The Balaban J connectivity index is 1.48. The average molecular weight is 479 g/mol. The van der Waals surface area contributed by atoms with E-state index in [0.717, 1.165) is 35.7 Å². The number of benzene rings is 2. The Hall–Kier alpha value is -3.16. The molecule has 1 aliphatic carbocycles. The molecule has 0 aliphatic heterocycles. The van der Waals surface area contributed by atoms with Crippen molar-refractivity contribution in [2.45, 2.75) is 50.7 Å². The zero-order chi connectivity index (χ0) is 23.8. The molecule has 8 heteroatoms. The second-order valence-corrected chi connectivity index (χ2v) is 9.34. The van der Waals surface area contributed by atoms with Crippen molar-refractivity contribution in [3.8, 4) is 0 Å². The molecule has 1 fully saturated rings. The summed E-state index contributed by atoms with van der Waals surface area (Å²) in [6.45, 7) is 1.75. The molecular weight excluding hydrogens is 452 g/mol. The Bertz CT molecular complexity index is 1410. The van der Waals surface area contributed by atoms with Crippen molar-refractivity contribution < 1.29 is 9.32 Å². The molecular formula is C26H27ClN4O3. The average Bonchev–Trinajstić information content (AvgIpc) is 3.22. The minimum atomic E-state index is -0.431. The maximum atomic E-state index is 13.6. The van der Waals surface area contributed by atoms with E-state index < -0.39 is 6.04 Å². The van der Waals surface area contributed by atoms with Crippen LogP contribution in [0.4, 0.5) is 0 Å². The van der Waals surface area contributed by atoms with E-state index in [9.17, 15) is 9.59 Å². The van der Waals surface area contributed by atoms with Gasteiger partial charge in [-0.2, -0.15) is 0 Å². The van der Waals surface area contributed by atoms with Gasteiger partial charge in [0.2, 0.25) is 5.91 Å². The van der Waals surface area contributed by atoms with Gasteiger partial charge in [0.05, 0.1) is 10.5 Å². The lowest BCUT2D eigenvalue weighted by Crippen LogP contribution is -2.44. The molecule has 3 atom stereocenters. The van der Waals surface area contributed by atoms with E-state index in [1.807, 2.05) is 47.0 Å². The van der Waals surface area contributed by atoms with E-state index >= 15 is 0 Å². The summed E-state index contributed by atoms with van der Waals surface area (Å²) in [5.41, 5.74) is 2.03. The minimum Gasteiger partial charge on any atom is -0.360 e. The highest BCUT2D eigenvalue weighted by molar-refractivity contribution is 6.37. The second kappa shape index (κ2) is 9.24. The fourth-order valence-corrected chi connectivity index (χ4v) is 5.50. The quantitative estimate of drug-likeness (QED) is 0.435. The first-order valence-corrected chi connectivity index (χ1v) is 12.0. The molecule has 7 nitrogen and oxygen atoms in total. The Morgan fingerprint density at radius 1 is 1.15 bits per heavy atom. The summed E-state index contributed by atoms with van der Waals surface area (Å²) in [6.07, 6.45) is 3.28. The van der Waals surface area contributed by atoms with Gasteiger partial charge in [0.15, 0.2) is 0 Å². The molecule has 5 rings (SSSR count). The highest BCUT2D eigenvalue weighted by Crippen LogP contribution is 2.35. The van der Waals surface area contributed by atoms with Gasteiger partial charge in [-0.1, -0.05) is 53.2 Å². The third-order valence-corrected chi connectivity index (χ3v) is 7.14. The first kappa shape index (κ1) is 22.6. The minimum absolute atomic E-state index is 0.0359. The number of rotatable bonds is 5. The number of aryl methyl sites for hydroxylation is 1. The SMILES string of the molecule is CNC(C(=O)NC1CCCC(n2c(=O)c3c(C)onc3c3c(Cl)cccc32)C1)c1ccccc1. The normalized spacial score (nSPS) is 19.4. The standard InChI is InChI=1S/C26H27ClN4O3/c1-15-21-24(30-34-15)22-19(27)12-7-13-20(22)31(26(21)33)18-11-6-10-17(14-18)29-25(32)23(28-2)16-8-4-3-5-9-16/h3-5,7-9,12-13,17-18,23,28H,6,10-11,14H2,1-2H3,(H,29,32). The predicted molar refractivity (Wildman–Crippen MR) is 133 cm³/mol. The second-order valence-electron chi connectivity index (χ2n) is 8.93. The van der Waals surface area contributed by atoms with Crippen molar-refractivity contribution in [2.75, 3.05) is 7.05 Å². The van der Waals surface area contributed by atoms with E-state index in [0.29, 0.717) is 28.1 Å². The topological polar surface area (TPSA) is 89.2 Å². The highest BCUT2D eigenvalue weighted by atomic mass is 35.5. The van der Waals surface area contributed by atoms with Gasteiger partial charge in [-0.3, -0.25) is 9.59 Å². The summed E-state index contributed by atoms with van der Waals surface area (Å²) in [6, 6.07) is 14.7. The summed E-state index contributed by atoms with van der Waals surface area (Å²) >= 11 is 6.55. The van der Waals surface area contributed by atoms with Gasteiger partial charge < -0.3 is 19.7 Å². The number of halogens is 1. The maximum Gasteiger partial charge on any atom is 0.264 e. The van der Waals surface area contributed by atoms with Crippen molar-refractivity contribution in [2.24, 2.45) is 0 Å². The van der Waals surface area contributed by atoms with Crippen LogP contribution in [0, 0.1) is 6.92 Å². The maximum absolute atomic E-state index is 13.6. The van der Waals surface area contributed by atoms with Gasteiger partial charge >= 0.3 is 0 Å². The fraction of sp³-hybridized carbons (Fsp3) is 0.346. The van der Waals surface area contributed by atoms with E-state index in [2.05, 4.69) is 15.8 Å². The van der Waals surface area contributed by atoms with Gasteiger partial charge in [-0.25, -0.2) is 0 Å². The van der Waals surface area contributed by atoms with Crippen molar-refractivity contribution in [3.05, 3.63) is 75.2 Å². The summed E-state index contributed by atoms with van der Waals surface area (Å²) in [5.74, 6) is 0.417. The Kier molecular flexibility index (Phi) is 6.15. The molecule has 4 aromatic rings. The van der Waals surface area contributed by atoms with E-state index in [1.165, 1.54) is 0 Å². The van der Waals surface area contributed by atoms with Crippen LogP contribution in [0.25, 0.3) is 21.8 Å². The number of aromatic nitrogens is 2. The first-order chi connectivity index (χ1) is 16.5. The molecule has 2 aromatic heterocycles.